The first-order chi connectivity index (χ1) is 25.1. The summed E-state index contributed by atoms with van der Waals surface area (Å²) in [4.78, 5) is 79.6. The Bertz CT molecular complexity index is 2260. The molecule has 0 aliphatic carbocycles. The zero-order valence-electron chi connectivity index (χ0n) is 30.5. The molecular weight excluding hydrogens is 682 g/mol. The van der Waals surface area contributed by atoms with Crippen molar-refractivity contribution in [3.63, 3.8) is 0 Å². The van der Waals surface area contributed by atoms with Crippen molar-refractivity contribution in [2.24, 2.45) is 0 Å². The highest BCUT2D eigenvalue weighted by atomic mass is 16.5. The Hall–Kier alpha value is -6.05. The first kappa shape index (κ1) is 38.2. The molecule has 278 valence electrons. The minimum atomic E-state index is -1.76. The predicted molar refractivity (Wildman–Crippen MR) is 198 cm³/mol. The van der Waals surface area contributed by atoms with Gasteiger partial charge in [-0.1, -0.05) is 26.5 Å². The summed E-state index contributed by atoms with van der Waals surface area (Å²) in [6.45, 7) is 13.5. The molecule has 0 aromatic carbocycles. The highest BCUT2D eigenvalue weighted by Gasteiger charge is 2.34. The molecule has 0 spiro atoms. The largest absolute Gasteiger partial charge is 0.481 e. The van der Waals surface area contributed by atoms with E-state index in [2.05, 4.69) is 21.9 Å². The summed E-state index contributed by atoms with van der Waals surface area (Å²) in [5, 5.41) is 31.2. The maximum Gasteiger partial charge on any atom is 0.326 e. The number of ether oxygens (including phenoxy) is 1. The van der Waals surface area contributed by atoms with Gasteiger partial charge in [0, 0.05) is 51.6 Å². The average molecular weight is 726 g/mol. The number of rotatable bonds is 12. The van der Waals surface area contributed by atoms with Crippen molar-refractivity contribution in [3.05, 3.63) is 75.4 Å². The Labute approximate surface area is 305 Å². The number of nitrogens with zero attached hydrogens (tertiary/aromatic N) is 2. The maximum atomic E-state index is 14.2. The van der Waals surface area contributed by atoms with Gasteiger partial charge in [-0.15, -0.1) is 0 Å². The van der Waals surface area contributed by atoms with Crippen LogP contribution in [0.2, 0.25) is 0 Å². The van der Waals surface area contributed by atoms with Crippen molar-refractivity contribution in [3.8, 4) is 0 Å². The van der Waals surface area contributed by atoms with E-state index in [1.54, 1.807) is 19.1 Å². The lowest BCUT2D eigenvalue weighted by Crippen LogP contribution is -2.42. The first-order valence-electron chi connectivity index (χ1n) is 17.2. The molecule has 2 aliphatic heterocycles. The number of hydrogen-bond donors (Lipinski definition) is 6. The van der Waals surface area contributed by atoms with E-state index in [0.29, 0.717) is 40.3 Å². The summed E-state index contributed by atoms with van der Waals surface area (Å²) >= 11 is 0. The van der Waals surface area contributed by atoms with E-state index in [-0.39, 0.29) is 41.8 Å². The Morgan fingerprint density at radius 1 is 0.962 bits per heavy atom. The number of aliphatic carboxylic acids is 3. The van der Waals surface area contributed by atoms with Crippen molar-refractivity contribution < 1.29 is 44.0 Å². The van der Waals surface area contributed by atoms with Crippen molar-refractivity contribution in [2.45, 2.75) is 84.6 Å². The van der Waals surface area contributed by atoms with Crippen LogP contribution in [0, 0.1) is 13.8 Å². The lowest BCUT2D eigenvalue weighted by Gasteiger charge is -2.18. The second-order valence-corrected chi connectivity index (χ2v) is 13.3. The van der Waals surface area contributed by atoms with Crippen LogP contribution in [0.25, 0.3) is 39.3 Å². The molecular formula is C39H43N5O9. The fourth-order valence-electron chi connectivity index (χ4n) is 7.21. The maximum absolute atomic E-state index is 14.2. The summed E-state index contributed by atoms with van der Waals surface area (Å²) in [5.41, 5.74) is 8.67. The monoisotopic (exact) mass is 725 g/mol. The van der Waals surface area contributed by atoms with E-state index in [1.807, 2.05) is 39.8 Å². The molecule has 0 fully saturated rings. The number of nitrogens with one attached hydrogen (secondary N) is 3. The van der Waals surface area contributed by atoms with Crippen molar-refractivity contribution in [1.82, 2.24) is 25.3 Å². The van der Waals surface area contributed by atoms with Gasteiger partial charge in [0.15, 0.2) is 0 Å². The second kappa shape index (κ2) is 15.3. The smallest absolute Gasteiger partial charge is 0.326 e. The Kier molecular flexibility index (Phi) is 11.0. The number of aryl methyl sites for hydroxylation is 2. The normalized spacial score (nSPS) is 15.9. The Balaban J connectivity index is 2.01. The quantitative estimate of drug-likeness (QED) is 0.118. The molecule has 3 atom stereocenters. The Morgan fingerprint density at radius 3 is 2.25 bits per heavy atom. The van der Waals surface area contributed by atoms with Crippen LogP contribution < -0.4 is 5.32 Å². The van der Waals surface area contributed by atoms with Gasteiger partial charge in [0.05, 0.1) is 48.1 Å². The first-order valence-corrected chi connectivity index (χ1v) is 17.2. The molecule has 0 unspecified atom stereocenters. The number of aromatic nitrogens is 4. The highest BCUT2D eigenvalue weighted by molar-refractivity contribution is 6.07. The lowest BCUT2D eigenvalue weighted by molar-refractivity contribution is -0.145. The van der Waals surface area contributed by atoms with Gasteiger partial charge in [0.25, 0.3) is 5.91 Å². The SMILES string of the molecule is C=Cc1c(C)c2cc3nc(c(CC(=O)OC)c4[nH]c(cc5nc(cc1[nH]2)C(C)=C5CC)c(C)c4C(=O)N[C@@H](CC(=O)O)C(=O)O)[C@@H](CCC(=O)O)[C@@H]3C. The highest BCUT2D eigenvalue weighted by Crippen LogP contribution is 2.43. The fraction of sp³-hybridized carbons (Fsp3) is 0.359. The minimum absolute atomic E-state index is 0.0333. The third-order valence-electron chi connectivity index (χ3n) is 10.2. The van der Waals surface area contributed by atoms with Crippen LogP contribution in [-0.4, -0.2) is 78.2 Å². The third kappa shape index (κ3) is 7.48. The van der Waals surface area contributed by atoms with Crippen molar-refractivity contribution >= 4 is 69.1 Å². The van der Waals surface area contributed by atoms with Gasteiger partial charge in [0.1, 0.15) is 6.04 Å². The number of carbonyl (C=O) groups is 5. The second-order valence-electron chi connectivity index (χ2n) is 13.3. The molecule has 6 N–H and O–H groups in total. The number of methoxy groups -OCH3 is 1. The molecule has 0 radical (unpaired) electrons. The summed E-state index contributed by atoms with van der Waals surface area (Å²) < 4.78 is 5.08. The average Bonchev–Trinajstić information content (AvgIpc) is 3.78. The molecule has 3 aromatic rings. The molecule has 1 amide bonds. The molecule has 2 aliphatic rings. The summed E-state index contributed by atoms with van der Waals surface area (Å²) in [7, 11) is 1.22. The van der Waals surface area contributed by atoms with Crippen LogP contribution in [0.5, 0.6) is 0 Å². The van der Waals surface area contributed by atoms with Crippen LogP contribution in [0.4, 0.5) is 0 Å². The zero-order chi connectivity index (χ0) is 38.9. The molecule has 0 saturated heterocycles. The number of allylic oxidation sites excluding steroid dienone is 2. The number of H-pyrrole nitrogens is 2. The van der Waals surface area contributed by atoms with Gasteiger partial charge >= 0.3 is 23.9 Å². The van der Waals surface area contributed by atoms with E-state index in [4.69, 9.17) is 14.7 Å². The van der Waals surface area contributed by atoms with E-state index in [0.717, 1.165) is 33.3 Å². The molecule has 5 heterocycles. The van der Waals surface area contributed by atoms with Gasteiger partial charge in [-0.25, -0.2) is 9.78 Å². The van der Waals surface area contributed by atoms with Gasteiger partial charge in [-0.05, 0) is 74.1 Å². The van der Waals surface area contributed by atoms with Crippen LogP contribution in [0.15, 0.2) is 24.8 Å². The van der Waals surface area contributed by atoms with Crippen LogP contribution in [0.3, 0.4) is 0 Å². The third-order valence-corrected chi connectivity index (χ3v) is 10.2. The van der Waals surface area contributed by atoms with Crippen LogP contribution in [-0.2, 0) is 30.3 Å². The van der Waals surface area contributed by atoms with Crippen LogP contribution >= 0.6 is 0 Å². The van der Waals surface area contributed by atoms with Gasteiger partial charge in [-0.2, -0.15) is 0 Å². The number of amides is 1. The number of esters is 1. The molecule has 8 bridgehead atoms. The Morgan fingerprint density at radius 2 is 1.64 bits per heavy atom. The molecule has 5 rings (SSSR count). The standard InChI is InChI=1S/C39H43N5O9/c1-8-21-17(3)25-13-27-19(5)23(10-11-32(45)46)36(42-27)24(12-34(49)53-7)37-35(38(50)44-31(39(51)52)16-33(47)48)20(6)28(43-37)15-30-22(9-2)18(4)26(41-30)14-29(21)40-25/h8,13-15,19,23,31,40,43H,1,9-12,16H2,2-7H3,(H,44,50)(H,45,46)(H,47,48)(H,51,52)/t19-,23-,31-/m0/s1. The van der Waals surface area contributed by atoms with Gasteiger partial charge < -0.3 is 35.3 Å². The number of carboxylic acid groups (broad SMARTS) is 3. The molecule has 14 nitrogen and oxygen atoms in total. The summed E-state index contributed by atoms with van der Waals surface area (Å²) in [6, 6.07) is 3.85. The number of hydrogen-bond acceptors (Lipinski definition) is 8. The molecule has 14 heteroatoms. The molecule has 53 heavy (non-hydrogen) atoms. The summed E-state index contributed by atoms with van der Waals surface area (Å²) in [6.07, 6.45) is 1.08. The lowest BCUT2D eigenvalue weighted by atomic mass is 9.85. The van der Waals surface area contributed by atoms with Gasteiger partial charge in [-0.3, -0.25) is 24.2 Å². The number of carboxylic acids is 3. The van der Waals surface area contributed by atoms with E-state index < -0.39 is 48.2 Å². The minimum Gasteiger partial charge on any atom is -0.481 e. The molecule has 3 aromatic heterocycles. The summed E-state index contributed by atoms with van der Waals surface area (Å²) in [5.74, 6) is -6.41. The number of carbonyl (C=O) groups excluding carboxylic acids is 2. The topological polar surface area (TPSA) is 225 Å². The van der Waals surface area contributed by atoms with Crippen LogP contribution in [0.1, 0.15) is 114 Å². The van der Waals surface area contributed by atoms with E-state index in [1.165, 1.54) is 7.11 Å². The molecule has 0 saturated carbocycles. The predicted octanol–water partition coefficient (Wildman–Crippen LogP) is 6.04. The fourth-order valence-corrected chi connectivity index (χ4v) is 7.21. The number of aromatic amines is 2. The van der Waals surface area contributed by atoms with E-state index in [9.17, 15) is 39.3 Å². The number of fused-ring (bicyclic) bond motifs is 8. The van der Waals surface area contributed by atoms with Crippen molar-refractivity contribution in [2.75, 3.05) is 7.11 Å². The van der Waals surface area contributed by atoms with Gasteiger partial charge in [0.2, 0.25) is 0 Å². The van der Waals surface area contributed by atoms with E-state index >= 15 is 0 Å². The van der Waals surface area contributed by atoms with Crippen molar-refractivity contribution in [1.29, 1.82) is 0 Å². The zero-order valence-corrected chi connectivity index (χ0v) is 30.5.